The summed E-state index contributed by atoms with van der Waals surface area (Å²) in [6, 6.07) is 5.69. The van der Waals surface area contributed by atoms with E-state index in [1.54, 1.807) is 0 Å². The summed E-state index contributed by atoms with van der Waals surface area (Å²) >= 11 is 0. The Balaban J connectivity index is 2.78. The maximum atomic E-state index is 11.3. The van der Waals surface area contributed by atoms with Gasteiger partial charge >= 0.3 is 5.97 Å². The van der Waals surface area contributed by atoms with Crippen molar-refractivity contribution in [3.8, 4) is 0 Å². The van der Waals surface area contributed by atoms with E-state index in [-0.39, 0.29) is 12.2 Å². The molecule has 0 aliphatic carbocycles. The molecule has 0 heterocycles. The van der Waals surface area contributed by atoms with Gasteiger partial charge in [-0.3, -0.25) is 0 Å². The van der Waals surface area contributed by atoms with Gasteiger partial charge in [-0.25, -0.2) is 9.64 Å². The van der Waals surface area contributed by atoms with E-state index in [1.807, 2.05) is 0 Å². The largest absolute Gasteiger partial charge is 0.464 e. The molecule has 4 N–H and O–H groups in total. The molecule has 0 bridgehead atoms. The molecule has 1 aromatic carbocycles. The van der Waals surface area contributed by atoms with Gasteiger partial charge in [-0.05, 0) is 12.5 Å². The highest BCUT2D eigenvalue weighted by atomic mass is 16.5. The molecule has 0 aliphatic rings. The van der Waals surface area contributed by atoms with Crippen LogP contribution in [0.1, 0.15) is 18.6 Å². The molecule has 1 aromatic rings. The minimum absolute atomic E-state index is 0.0132. The van der Waals surface area contributed by atoms with Gasteiger partial charge in [-0.15, -0.1) is 0 Å². The number of rotatable bonds is 6. The number of carbonyl (C=O) groups excluding carboxylic acids is 1. The monoisotopic (exact) mass is 295 g/mol. The summed E-state index contributed by atoms with van der Waals surface area (Å²) < 4.78 is 4.52. The Morgan fingerprint density at radius 3 is 2.24 bits per heavy atom. The molecule has 7 heteroatoms. The predicted molar refractivity (Wildman–Crippen MR) is 72.3 cm³/mol. The van der Waals surface area contributed by atoms with Crippen molar-refractivity contribution in [3.63, 3.8) is 0 Å². The number of benzene rings is 1. The molecule has 7 nitrogen and oxygen atoms in total. The lowest BCUT2D eigenvalue weighted by Crippen LogP contribution is -2.45. The zero-order valence-corrected chi connectivity index (χ0v) is 11.4. The summed E-state index contributed by atoms with van der Waals surface area (Å²) in [6.45, 7) is 8.35. The number of nitrogens with zero attached hydrogens (tertiary/aromatic N) is 1. The Morgan fingerprint density at radius 1 is 1.19 bits per heavy atom. The third-order valence-electron chi connectivity index (χ3n) is 2.89. The SMILES string of the molecule is [C-]#[N+]c1ccc([C@H](O)[C@@H](O)[C@H](O)[C@@H](O)C(=O)OCC)cc1. The van der Waals surface area contributed by atoms with Crippen LogP contribution in [0.3, 0.4) is 0 Å². The molecule has 0 saturated heterocycles. The van der Waals surface area contributed by atoms with Crippen LogP contribution in [0.5, 0.6) is 0 Å². The van der Waals surface area contributed by atoms with Crippen molar-refractivity contribution in [2.75, 3.05) is 6.61 Å². The number of hydrogen-bond acceptors (Lipinski definition) is 6. The Morgan fingerprint density at radius 2 is 1.76 bits per heavy atom. The number of aliphatic hydroxyl groups is 4. The van der Waals surface area contributed by atoms with Gasteiger partial charge in [0.15, 0.2) is 11.8 Å². The predicted octanol–water partition coefficient (Wildman–Crippen LogP) is -0.0834. The van der Waals surface area contributed by atoms with Crippen molar-refractivity contribution in [1.82, 2.24) is 0 Å². The van der Waals surface area contributed by atoms with Crippen LogP contribution < -0.4 is 0 Å². The molecule has 0 aliphatic heterocycles. The van der Waals surface area contributed by atoms with Crippen molar-refractivity contribution in [1.29, 1.82) is 0 Å². The zero-order chi connectivity index (χ0) is 16.0. The van der Waals surface area contributed by atoms with Crippen LogP contribution in [-0.2, 0) is 9.53 Å². The number of ether oxygens (including phenoxy) is 1. The molecule has 21 heavy (non-hydrogen) atoms. The molecule has 114 valence electrons. The molecule has 0 radical (unpaired) electrons. The average Bonchev–Trinajstić information content (AvgIpc) is 2.52. The van der Waals surface area contributed by atoms with E-state index in [1.165, 1.54) is 31.2 Å². The fraction of sp³-hybridized carbons (Fsp3) is 0.429. The van der Waals surface area contributed by atoms with Crippen LogP contribution in [0, 0.1) is 6.57 Å². The first-order valence-corrected chi connectivity index (χ1v) is 6.28. The van der Waals surface area contributed by atoms with Gasteiger partial charge in [0.1, 0.15) is 18.3 Å². The van der Waals surface area contributed by atoms with E-state index >= 15 is 0 Å². The van der Waals surface area contributed by atoms with Crippen molar-refractivity contribution in [2.24, 2.45) is 0 Å². The zero-order valence-electron chi connectivity index (χ0n) is 11.4. The standard InChI is InChI=1S/C14H17NO6/c1-3-21-14(20)13(19)12(18)11(17)10(16)8-4-6-9(15-2)7-5-8/h4-7,10-13,16-19H,3H2,1H3/t10-,11+,12-,13+/m0/s1. The quantitative estimate of drug-likeness (QED) is 0.431. The van der Waals surface area contributed by atoms with Crippen LogP contribution >= 0.6 is 0 Å². The average molecular weight is 295 g/mol. The fourth-order valence-corrected chi connectivity index (χ4v) is 1.68. The molecule has 1 rings (SSSR count). The second-order valence-electron chi connectivity index (χ2n) is 4.33. The van der Waals surface area contributed by atoms with Crippen molar-refractivity contribution in [3.05, 3.63) is 41.2 Å². The Kier molecular flexibility index (Phi) is 6.27. The lowest BCUT2D eigenvalue weighted by molar-refractivity contribution is -0.168. The lowest BCUT2D eigenvalue weighted by atomic mass is 9.97. The summed E-state index contributed by atoms with van der Waals surface area (Å²) in [7, 11) is 0. The molecule has 0 amide bonds. The fourth-order valence-electron chi connectivity index (χ4n) is 1.68. The maximum Gasteiger partial charge on any atom is 0.337 e. The van der Waals surface area contributed by atoms with E-state index in [0.29, 0.717) is 5.69 Å². The van der Waals surface area contributed by atoms with Crippen LogP contribution in [0.15, 0.2) is 24.3 Å². The first-order chi connectivity index (χ1) is 9.92. The van der Waals surface area contributed by atoms with E-state index in [0.717, 1.165) is 0 Å². The van der Waals surface area contributed by atoms with Crippen LogP contribution in [0.2, 0.25) is 0 Å². The number of aliphatic hydroxyl groups excluding tert-OH is 4. The van der Waals surface area contributed by atoms with E-state index < -0.39 is 30.4 Å². The maximum absolute atomic E-state index is 11.3. The highest BCUT2D eigenvalue weighted by molar-refractivity contribution is 5.75. The Labute approximate surface area is 121 Å². The van der Waals surface area contributed by atoms with Crippen LogP contribution in [-0.4, -0.2) is 51.3 Å². The lowest BCUT2D eigenvalue weighted by Gasteiger charge is -2.25. The molecule has 0 unspecified atom stereocenters. The van der Waals surface area contributed by atoms with Gasteiger partial charge in [0, 0.05) is 0 Å². The van der Waals surface area contributed by atoms with Crippen molar-refractivity contribution < 1.29 is 30.0 Å². The molecular weight excluding hydrogens is 278 g/mol. The third-order valence-corrected chi connectivity index (χ3v) is 2.89. The summed E-state index contributed by atoms with van der Waals surface area (Å²) in [5.74, 6) is -1.08. The number of hydrogen-bond donors (Lipinski definition) is 4. The Hall–Kier alpha value is -1.98. The Bertz CT molecular complexity index is 509. The molecule has 0 fully saturated rings. The van der Waals surface area contributed by atoms with E-state index in [2.05, 4.69) is 9.58 Å². The molecule has 4 atom stereocenters. The third kappa shape index (κ3) is 4.24. The molecular formula is C14H17NO6. The highest BCUT2D eigenvalue weighted by Crippen LogP contribution is 2.23. The second-order valence-corrected chi connectivity index (χ2v) is 4.33. The normalized spacial score (nSPS) is 16.4. The number of carbonyl (C=O) groups is 1. The minimum Gasteiger partial charge on any atom is -0.464 e. The van der Waals surface area contributed by atoms with Gasteiger partial charge in [-0.1, -0.05) is 24.3 Å². The number of esters is 1. The summed E-state index contributed by atoms with van der Waals surface area (Å²) in [6.07, 6.45) is -7.18. The summed E-state index contributed by atoms with van der Waals surface area (Å²) in [5.41, 5.74) is 0.595. The summed E-state index contributed by atoms with van der Waals surface area (Å²) in [5, 5.41) is 39.0. The summed E-state index contributed by atoms with van der Waals surface area (Å²) in [4.78, 5) is 14.5. The molecule has 0 aromatic heterocycles. The van der Waals surface area contributed by atoms with Crippen LogP contribution in [0.4, 0.5) is 5.69 Å². The van der Waals surface area contributed by atoms with Crippen molar-refractivity contribution in [2.45, 2.75) is 31.3 Å². The highest BCUT2D eigenvalue weighted by Gasteiger charge is 2.35. The molecule has 0 saturated carbocycles. The smallest absolute Gasteiger partial charge is 0.337 e. The second kappa shape index (κ2) is 7.71. The van der Waals surface area contributed by atoms with Gasteiger partial charge < -0.3 is 25.2 Å². The molecule has 0 spiro atoms. The van der Waals surface area contributed by atoms with Gasteiger partial charge in [0.25, 0.3) is 0 Å². The van der Waals surface area contributed by atoms with Gasteiger partial charge in [0.2, 0.25) is 0 Å². The van der Waals surface area contributed by atoms with Crippen molar-refractivity contribution >= 4 is 11.7 Å². The van der Waals surface area contributed by atoms with Crippen LogP contribution in [0.25, 0.3) is 4.85 Å². The first kappa shape index (κ1) is 17.1. The minimum atomic E-state index is -1.96. The van der Waals surface area contributed by atoms with E-state index in [4.69, 9.17) is 6.57 Å². The van der Waals surface area contributed by atoms with Gasteiger partial charge in [0.05, 0.1) is 13.2 Å². The van der Waals surface area contributed by atoms with Gasteiger partial charge in [-0.2, -0.15) is 0 Å². The first-order valence-electron chi connectivity index (χ1n) is 6.28. The topological polar surface area (TPSA) is 112 Å². The van der Waals surface area contributed by atoms with E-state index in [9.17, 15) is 25.2 Å².